The molecule has 0 amide bonds. The van der Waals surface area contributed by atoms with Crippen molar-refractivity contribution in [2.75, 3.05) is 11.2 Å². The van der Waals surface area contributed by atoms with E-state index in [1.807, 2.05) is 35.6 Å². The fraction of sp³-hybridized carbons (Fsp3) is 0.0323. The second kappa shape index (κ2) is 9.75. The van der Waals surface area contributed by atoms with Gasteiger partial charge in [-0.3, -0.25) is 0 Å². The highest BCUT2D eigenvalue weighted by Crippen LogP contribution is 2.41. The number of benzene rings is 5. The first-order valence-corrected chi connectivity index (χ1v) is 14.8. The predicted octanol–water partition coefficient (Wildman–Crippen LogP) is 9.69. The third kappa shape index (κ3) is 4.33. The minimum atomic E-state index is -1.07. The third-order valence-electron chi connectivity index (χ3n) is 6.32. The Bertz CT molecular complexity index is 1680. The van der Waals surface area contributed by atoms with Crippen molar-refractivity contribution in [3.63, 3.8) is 0 Å². The van der Waals surface area contributed by atoms with E-state index in [2.05, 4.69) is 112 Å². The van der Waals surface area contributed by atoms with Crippen LogP contribution in [-0.4, -0.2) is 10.8 Å². The van der Waals surface area contributed by atoms with Gasteiger partial charge in [-0.05, 0) is 83.5 Å². The molecule has 5 heteroatoms. The highest BCUT2D eigenvalue weighted by Gasteiger charge is 2.17. The molecule has 0 aliphatic heterocycles. The molecule has 5 aromatic carbocycles. The van der Waals surface area contributed by atoms with Crippen molar-refractivity contribution >= 4 is 75.7 Å². The van der Waals surface area contributed by atoms with Crippen molar-refractivity contribution in [3.05, 3.63) is 120 Å². The molecule has 1 aromatic heterocycles. The summed E-state index contributed by atoms with van der Waals surface area (Å²) in [6, 6.07) is 40.2. The molecule has 0 spiro atoms. The van der Waals surface area contributed by atoms with Gasteiger partial charge in [0.2, 0.25) is 0 Å². The summed E-state index contributed by atoms with van der Waals surface area (Å²) in [5, 5.41) is 2.56. The monoisotopic (exact) mass is 567 g/mol. The van der Waals surface area contributed by atoms with Gasteiger partial charge in [0.25, 0.3) is 0 Å². The zero-order valence-electron chi connectivity index (χ0n) is 19.5. The molecule has 1 atom stereocenters. The summed E-state index contributed by atoms with van der Waals surface area (Å²) in [5.74, 6) is 0. The second-order valence-electron chi connectivity index (χ2n) is 8.59. The summed E-state index contributed by atoms with van der Waals surface area (Å²) in [4.78, 5) is 3.12. The van der Waals surface area contributed by atoms with Crippen molar-refractivity contribution in [3.8, 4) is 11.1 Å². The summed E-state index contributed by atoms with van der Waals surface area (Å²) >= 11 is 4.33. The van der Waals surface area contributed by atoms with Crippen molar-refractivity contribution in [1.82, 2.24) is 0 Å². The van der Waals surface area contributed by atoms with Gasteiger partial charge in [-0.15, -0.1) is 11.3 Å². The summed E-state index contributed by atoms with van der Waals surface area (Å²) in [7, 11) is 0. The van der Waals surface area contributed by atoms with E-state index in [4.69, 9.17) is 0 Å². The molecule has 0 saturated heterocycles. The first-order chi connectivity index (χ1) is 17.6. The van der Waals surface area contributed by atoms with Gasteiger partial charge in [-0.25, -0.2) is 0 Å². The van der Waals surface area contributed by atoms with Crippen LogP contribution in [0.25, 0.3) is 31.3 Å². The molecule has 36 heavy (non-hydrogen) atoms. The van der Waals surface area contributed by atoms with Crippen LogP contribution in [0.15, 0.2) is 125 Å². The Morgan fingerprint density at radius 2 is 1.33 bits per heavy atom. The molecular formula is C31H22BrNOS2. The number of rotatable bonds is 5. The van der Waals surface area contributed by atoms with Crippen LogP contribution >= 0.6 is 27.3 Å². The second-order valence-corrected chi connectivity index (χ2v) is 11.9. The molecule has 1 heterocycles. The fourth-order valence-electron chi connectivity index (χ4n) is 4.65. The molecule has 6 aromatic rings. The molecule has 0 N–H and O–H groups in total. The molecule has 0 radical (unpaired) electrons. The lowest BCUT2D eigenvalue weighted by Crippen LogP contribution is -2.09. The van der Waals surface area contributed by atoms with E-state index >= 15 is 0 Å². The van der Waals surface area contributed by atoms with Gasteiger partial charge in [-0.2, -0.15) is 0 Å². The average Bonchev–Trinajstić information content (AvgIpc) is 3.28. The van der Waals surface area contributed by atoms with Crippen LogP contribution in [0.3, 0.4) is 0 Å². The van der Waals surface area contributed by atoms with E-state index < -0.39 is 11.2 Å². The highest BCUT2D eigenvalue weighted by molar-refractivity contribution is 9.10. The normalized spacial score (nSPS) is 12.2. The summed E-state index contributed by atoms with van der Waals surface area (Å²) < 4.78 is 15.9. The maximum absolute atomic E-state index is 12.4. The minimum absolute atomic E-state index is 0.834. The third-order valence-corrected chi connectivity index (χ3v) is 8.94. The molecule has 176 valence electrons. The lowest BCUT2D eigenvalue weighted by molar-refractivity contribution is 0.601. The number of para-hydroxylation sites is 1. The largest absolute Gasteiger partial charge is 0.612 e. The number of anilines is 3. The Morgan fingerprint density at radius 1 is 0.667 bits per heavy atom. The predicted molar refractivity (Wildman–Crippen MR) is 159 cm³/mol. The van der Waals surface area contributed by atoms with Gasteiger partial charge < -0.3 is 9.45 Å². The first-order valence-electron chi connectivity index (χ1n) is 11.6. The molecule has 0 aliphatic rings. The molecule has 0 fully saturated rings. The Morgan fingerprint density at radius 3 is 2.11 bits per heavy atom. The lowest BCUT2D eigenvalue weighted by atomic mass is 10.0. The standard InChI is InChI=1S/C31H22BrNOS2/c1-36(34)31-18-13-22(32)19-27(31)21-11-14-24(15-12-21)33(23-7-3-2-4-8-23)25-16-17-30-28(20-25)26-9-5-6-10-29(26)35-30/h2-20H,1H3. The van der Waals surface area contributed by atoms with Crippen molar-refractivity contribution < 1.29 is 4.55 Å². The van der Waals surface area contributed by atoms with E-state index in [1.165, 1.54) is 20.2 Å². The Hall–Kier alpha value is -3.09. The smallest absolute Gasteiger partial charge is 0.160 e. The number of nitrogens with zero attached hydrogens (tertiary/aromatic N) is 1. The van der Waals surface area contributed by atoms with Gasteiger partial charge in [0.1, 0.15) is 6.26 Å². The van der Waals surface area contributed by atoms with Gasteiger partial charge in [0, 0.05) is 47.3 Å². The summed E-state index contributed by atoms with van der Waals surface area (Å²) in [6.07, 6.45) is 1.72. The van der Waals surface area contributed by atoms with E-state index in [0.717, 1.165) is 37.6 Å². The quantitative estimate of drug-likeness (QED) is 0.194. The maximum Gasteiger partial charge on any atom is 0.160 e. The van der Waals surface area contributed by atoms with Gasteiger partial charge >= 0.3 is 0 Å². The molecule has 0 aliphatic carbocycles. The first kappa shape index (κ1) is 23.3. The average molecular weight is 569 g/mol. The van der Waals surface area contributed by atoms with Crippen LogP contribution in [0.1, 0.15) is 0 Å². The number of fused-ring (bicyclic) bond motifs is 3. The van der Waals surface area contributed by atoms with Crippen LogP contribution in [0.5, 0.6) is 0 Å². The number of thiophene rings is 1. The summed E-state index contributed by atoms with van der Waals surface area (Å²) in [5.41, 5.74) is 5.30. The Balaban J connectivity index is 1.48. The summed E-state index contributed by atoms with van der Waals surface area (Å²) in [6.45, 7) is 0. The zero-order valence-corrected chi connectivity index (χ0v) is 22.7. The number of hydrogen-bond acceptors (Lipinski definition) is 3. The molecule has 6 rings (SSSR count). The topological polar surface area (TPSA) is 26.3 Å². The molecule has 1 unspecified atom stereocenters. The number of hydrogen-bond donors (Lipinski definition) is 0. The van der Waals surface area contributed by atoms with Crippen LogP contribution in [0, 0.1) is 0 Å². The van der Waals surface area contributed by atoms with Crippen LogP contribution in [-0.2, 0) is 11.2 Å². The van der Waals surface area contributed by atoms with E-state index in [0.29, 0.717) is 0 Å². The fourth-order valence-corrected chi connectivity index (χ4v) is 6.84. The SMILES string of the molecule is C[S+]([O-])c1ccc(Br)cc1-c1ccc(N(c2ccccc2)c2ccc3sc4ccccc4c3c2)cc1. The molecule has 2 nitrogen and oxygen atoms in total. The van der Waals surface area contributed by atoms with Crippen molar-refractivity contribution in [2.45, 2.75) is 4.90 Å². The molecule has 0 saturated carbocycles. The van der Waals surface area contributed by atoms with Gasteiger partial charge in [-0.1, -0.05) is 64.5 Å². The van der Waals surface area contributed by atoms with Crippen molar-refractivity contribution in [1.29, 1.82) is 0 Å². The van der Waals surface area contributed by atoms with Crippen LogP contribution in [0.4, 0.5) is 17.1 Å². The van der Waals surface area contributed by atoms with E-state index in [1.54, 1.807) is 6.26 Å². The van der Waals surface area contributed by atoms with E-state index in [9.17, 15) is 4.55 Å². The molecule has 0 bridgehead atoms. The Labute approximate surface area is 226 Å². The number of halogens is 1. The Kier molecular flexibility index (Phi) is 6.32. The highest BCUT2D eigenvalue weighted by atomic mass is 79.9. The zero-order chi connectivity index (χ0) is 24.6. The van der Waals surface area contributed by atoms with Crippen LogP contribution < -0.4 is 4.90 Å². The maximum atomic E-state index is 12.4. The minimum Gasteiger partial charge on any atom is -0.612 e. The lowest BCUT2D eigenvalue weighted by Gasteiger charge is -2.26. The van der Waals surface area contributed by atoms with Crippen LogP contribution in [0.2, 0.25) is 0 Å². The van der Waals surface area contributed by atoms with Gasteiger partial charge in [0.15, 0.2) is 4.90 Å². The van der Waals surface area contributed by atoms with Gasteiger partial charge in [0.05, 0.1) is 0 Å². The molecular weight excluding hydrogens is 546 g/mol. The van der Waals surface area contributed by atoms with Crippen molar-refractivity contribution in [2.24, 2.45) is 0 Å². The van der Waals surface area contributed by atoms with E-state index in [-0.39, 0.29) is 0 Å².